The summed E-state index contributed by atoms with van der Waals surface area (Å²) < 4.78 is 1.71. The minimum absolute atomic E-state index is 0.0557. The zero-order valence-corrected chi connectivity index (χ0v) is 14.0. The maximum Gasteiger partial charge on any atom is 0.240 e. The van der Waals surface area contributed by atoms with E-state index in [9.17, 15) is 4.79 Å². The van der Waals surface area contributed by atoms with E-state index in [4.69, 9.17) is 5.41 Å². The molecule has 5 rings (SSSR count). The summed E-state index contributed by atoms with van der Waals surface area (Å²) in [5.74, 6) is 2.80. The van der Waals surface area contributed by atoms with Gasteiger partial charge in [0.25, 0.3) is 0 Å². The smallest absolute Gasteiger partial charge is 0.240 e. The molecule has 22 heavy (non-hydrogen) atoms. The van der Waals surface area contributed by atoms with Crippen molar-refractivity contribution < 1.29 is 4.79 Å². The Bertz CT molecular complexity index is 597. The molecule has 0 saturated heterocycles. The third-order valence-electron chi connectivity index (χ3n) is 6.38. The Hall–Kier alpha value is -1.10. The number of hydrogen-bond acceptors (Lipinski definition) is 3. The van der Waals surface area contributed by atoms with E-state index in [2.05, 4.69) is 12.2 Å². The summed E-state index contributed by atoms with van der Waals surface area (Å²) in [6, 6.07) is 0.266. The van der Waals surface area contributed by atoms with Gasteiger partial charge in [0.05, 0.1) is 0 Å². The predicted octanol–water partition coefficient (Wildman–Crippen LogP) is 2.75. The first kappa shape index (κ1) is 14.5. The first-order chi connectivity index (χ1) is 10.5. The summed E-state index contributed by atoms with van der Waals surface area (Å²) in [5, 5.41) is 12.9. The molecule has 120 valence electrons. The lowest BCUT2D eigenvalue weighted by Gasteiger charge is -2.59. The van der Waals surface area contributed by atoms with Gasteiger partial charge in [0.15, 0.2) is 4.80 Å². The Morgan fingerprint density at radius 3 is 2.45 bits per heavy atom. The lowest BCUT2D eigenvalue weighted by Crippen LogP contribution is -2.56. The van der Waals surface area contributed by atoms with Gasteiger partial charge in [-0.1, -0.05) is 0 Å². The van der Waals surface area contributed by atoms with Gasteiger partial charge in [-0.2, -0.15) is 0 Å². The van der Waals surface area contributed by atoms with E-state index in [0.29, 0.717) is 10.2 Å². The molecule has 0 unspecified atom stereocenters. The fraction of sp³-hybridized carbons (Fsp3) is 0.765. The minimum Gasteiger partial charge on any atom is -0.352 e. The monoisotopic (exact) mass is 319 g/mol. The largest absolute Gasteiger partial charge is 0.352 e. The lowest BCUT2D eigenvalue weighted by molar-refractivity contribution is -0.126. The first-order valence-corrected chi connectivity index (χ1v) is 9.40. The van der Waals surface area contributed by atoms with Crippen LogP contribution in [0.15, 0.2) is 11.6 Å². The van der Waals surface area contributed by atoms with Gasteiger partial charge >= 0.3 is 0 Å². The normalized spacial score (nSPS) is 37.2. The number of hydrogen-bond donors (Lipinski definition) is 2. The number of thiazole rings is 1. The molecule has 4 aliphatic carbocycles. The number of rotatable bonds is 4. The van der Waals surface area contributed by atoms with Crippen LogP contribution in [0.1, 0.15) is 45.4 Å². The van der Waals surface area contributed by atoms with Crippen LogP contribution in [0.5, 0.6) is 0 Å². The van der Waals surface area contributed by atoms with Gasteiger partial charge in [-0.05, 0) is 68.6 Å². The van der Waals surface area contributed by atoms with Gasteiger partial charge in [0.1, 0.15) is 6.54 Å². The van der Waals surface area contributed by atoms with Gasteiger partial charge in [0.2, 0.25) is 5.91 Å². The van der Waals surface area contributed by atoms with Crippen LogP contribution in [0.2, 0.25) is 0 Å². The summed E-state index contributed by atoms with van der Waals surface area (Å²) in [4.78, 5) is 12.8. The SMILES string of the molecule is C[C@@H](NC(=O)Cn1ccsc1=N)C12CC3CC(CC(C3)C1)C2. The van der Waals surface area contributed by atoms with Crippen molar-refractivity contribution in [3.8, 4) is 0 Å². The van der Waals surface area contributed by atoms with Crippen LogP contribution in [0.4, 0.5) is 0 Å². The molecule has 1 atom stereocenters. The third-order valence-corrected chi connectivity index (χ3v) is 7.09. The Balaban J connectivity index is 1.43. The molecule has 4 bridgehead atoms. The Morgan fingerprint density at radius 1 is 1.36 bits per heavy atom. The minimum atomic E-state index is 0.0557. The van der Waals surface area contributed by atoms with E-state index < -0.39 is 0 Å². The number of aromatic nitrogens is 1. The molecule has 4 fully saturated rings. The molecular formula is C17H25N3OS. The van der Waals surface area contributed by atoms with Gasteiger partial charge in [-0.15, -0.1) is 11.3 Å². The zero-order valence-electron chi connectivity index (χ0n) is 13.2. The molecule has 0 radical (unpaired) electrons. The molecule has 1 amide bonds. The highest BCUT2D eigenvalue weighted by atomic mass is 32.1. The van der Waals surface area contributed by atoms with Crippen molar-refractivity contribution >= 4 is 17.2 Å². The van der Waals surface area contributed by atoms with Crippen LogP contribution in [-0.2, 0) is 11.3 Å². The molecule has 4 saturated carbocycles. The van der Waals surface area contributed by atoms with Crippen molar-refractivity contribution in [1.29, 1.82) is 5.41 Å². The average Bonchev–Trinajstić information content (AvgIpc) is 2.82. The molecule has 4 aliphatic rings. The van der Waals surface area contributed by atoms with Crippen molar-refractivity contribution in [3.05, 3.63) is 16.4 Å². The number of carbonyl (C=O) groups excluding carboxylic acids is 1. The van der Waals surface area contributed by atoms with Crippen LogP contribution in [-0.4, -0.2) is 16.5 Å². The molecule has 4 nitrogen and oxygen atoms in total. The number of amides is 1. The second-order valence-corrected chi connectivity index (χ2v) is 8.80. The van der Waals surface area contributed by atoms with E-state index in [1.165, 1.54) is 49.9 Å². The third kappa shape index (κ3) is 2.43. The zero-order chi connectivity index (χ0) is 15.3. The van der Waals surface area contributed by atoms with Crippen molar-refractivity contribution in [2.45, 2.75) is 58.0 Å². The summed E-state index contributed by atoms with van der Waals surface area (Å²) in [6.45, 7) is 2.49. The Morgan fingerprint density at radius 2 is 1.95 bits per heavy atom. The molecule has 1 aromatic rings. The van der Waals surface area contributed by atoms with Crippen molar-refractivity contribution in [2.75, 3.05) is 0 Å². The van der Waals surface area contributed by atoms with E-state index in [0.717, 1.165) is 17.8 Å². The summed E-state index contributed by atoms with van der Waals surface area (Å²) in [7, 11) is 0. The second kappa shape index (κ2) is 5.22. The number of nitrogens with zero attached hydrogens (tertiary/aromatic N) is 1. The molecular weight excluding hydrogens is 294 g/mol. The number of nitrogens with one attached hydrogen (secondary N) is 2. The Kier molecular flexibility index (Phi) is 3.44. The van der Waals surface area contributed by atoms with Crippen LogP contribution in [0, 0.1) is 28.6 Å². The fourth-order valence-corrected chi connectivity index (χ4v) is 6.33. The second-order valence-electron chi connectivity index (χ2n) is 7.91. The average molecular weight is 319 g/mol. The van der Waals surface area contributed by atoms with Crippen LogP contribution < -0.4 is 10.1 Å². The maximum atomic E-state index is 12.4. The highest BCUT2D eigenvalue weighted by Crippen LogP contribution is 2.61. The van der Waals surface area contributed by atoms with Crippen molar-refractivity contribution in [1.82, 2.24) is 9.88 Å². The van der Waals surface area contributed by atoms with Gasteiger partial charge in [0, 0.05) is 17.6 Å². The molecule has 2 N–H and O–H groups in total. The summed E-state index contributed by atoms with van der Waals surface area (Å²) >= 11 is 1.36. The number of carbonyl (C=O) groups is 1. The lowest BCUT2D eigenvalue weighted by atomic mass is 9.48. The maximum absolute atomic E-state index is 12.4. The molecule has 5 heteroatoms. The van der Waals surface area contributed by atoms with Gasteiger partial charge in [-0.25, -0.2) is 0 Å². The van der Waals surface area contributed by atoms with E-state index in [1.807, 2.05) is 11.6 Å². The molecule has 0 spiro atoms. The van der Waals surface area contributed by atoms with Crippen LogP contribution >= 0.6 is 11.3 Å². The van der Waals surface area contributed by atoms with Crippen molar-refractivity contribution in [3.63, 3.8) is 0 Å². The standard InChI is InChI=1S/C17H25N3OS/c1-11(19-15(21)10-20-2-3-22-16(20)18)17-7-12-4-13(8-17)6-14(5-12)9-17/h2-3,11-14,18H,4-10H2,1H3,(H,19,21)/t11-,12?,13?,14?,17?/m1/s1. The fourth-order valence-electron chi connectivity index (χ4n) is 5.73. The molecule has 0 aromatic carbocycles. The van der Waals surface area contributed by atoms with Gasteiger partial charge < -0.3 is 9.88 Å². The first-order valence-electron chi connectivity index (χ1n) is 8.52. The van der Waals surface area contributed by atoms with E-state index >= 15 is 0 Å². The van der Waals surface area contributed by atoms with Crippen molar-refractivity contribution in [2.24, 2.45) is 23.2 Å². The Labute approximate surface area is 135 Å². The summed E-state index contributed by atoms with van der Waals surface area (Å²) in [5.41, 5.74) is 0.355. The molecule has 0 aliphatic heterocycles. The van der Waals surface area contributed by atoms with Crippen LogP contribution in [0.3, 0.4) is 0 Å². The van der Waals surface area contributed by atoms with E-state index in [-0.39, 0.29) is 18.5 Å². The van der Waals surface area contributed by atoms with Gasteiger partial charge in [-0.3, -0.25) is 10.2 Å². The van der Waals surface area contributed by atoms with E-state index in [1.54, 1.807) is 4.57 Å². The topological polar surface area (TPSA) is 57.9 Å². The molecule has 1 aromatic heterocycles. The quantitative estimate of drug-likeness (QED) is 0.881. The van der Waals surface area contributed by atoms with Crippen LogP contribution in [0.25, 0.3) is 0 Å². The highest BCUT2D eigenvalue weighted by molar-refractivity contribution is 7.06. The highest BCUT2D eigenvalue weighted by Gasteiger charge is 2.53. The summed E-state index contributed by atoms with van der Waals surface area (Å²) in [6.07, 6.45) is 10.1. The predicted molar refractivity (Wildman–Crippen MR) is 86.4 cm³/mol. The molecule has 1 heterocycles.